The lowest BCUT2D eigenvalue weighted by molar-refractivity contribution is -0.0166. The first-order chi connectivity index (χ1) is 7.42. The van der Waals surface area contributed by atoms with Crippen LogP contribution in [0.25, 0.3) is 0 Å². The van der Waals surface area contributed by atoms with Crippen LogP contribution in [-0.4, -0.2) is 35.7 Å². The average molecular weight is 227 g/mol. The molecular formula is C14H29NO. The van der Waals surface area contributed by atoms with E-state index in [1.165, 1.54) is 32.1 Å². The van der Waals surface area contributed by atoms with Gasteiger partial charge in [0.1, 0.15) is 0 Å². The molecule has 1 unspecified atom stereocenters. The molecule has 1 aliphatic rings. The van der Waals surface area contributed by atoms with Gasteiger partial charge in [0.05, 0.1) is 5.60 Å². The summed E-state index contributed by atoms with van der Waals surface area (Å²) in [4.78, 5) is 2.32. The highest BCUT2D eigenvalue weighted by Gasteiger charge is 2.27. The van der Waals surface area contributed by atoms with E-state index in [0.29, 0.717) is 5.92 Å². The summed E-state index contributed by atoms with van der Waals surface area (Å²) in [5.41, 5.74) is -0.552. The molecule has 0 aliphatic heterocycles. The van der Waals surface area contributed by atoms with Crippen molar-refractivity contribution in [2.75, 3.05) is 20.1 Å². The first-order valence-corrected chi connectivity index (χ1v) is 6.82. The van der Waals surface area contributed by atoms with E-state index in [-0.39, 0.29) is 0 Å². The fourth-order valence-electron chi connectivity index (χ4n) is 2.60. The van der Waals surface area contributed by atoms with Crippen LogP contribution in [0.1, 0.15) is 52.9 Å². The van der Waals surface area contributed by atoms with Gasteiger partial charge in [0.15, 0.2) is 0 Å². The highest BCUT2D eigenvalue weighted by atomic mass is 16.3. The van der Waals surface area contributed by atoms with Gasteiger partial charge in [0.25, 0.3) is 0 Å². The second-order valence-electron chi connectivity index (χ2n) is 6.21. The minimum Gasteiger partial charge on any atom is -0.389 e. The molecular weight excluding hydrogens is 198 g/mol. The van der Waals surface area contributed by atoms with Crippen molar-refractivity contribution in [1.29, 1.82) is 0 Å². The van der Waals surface area contributed by atoms with Crippen LogP contribution >= 0.6 is 0 Å². The predicted octanol–water partition coefficient (Wildman–Crippen LogP) is 2.91. The lowest BCUT2D eigenvalue weighted by atomic mass is 9.88. The second kappa shape index (κ2) is 6.02. The van der Waals surface area contributed by atoms with Crippen molar-refractivity contribution in [3.05, 3.63) is 0 Å². The third kappa shape index (κ3) is 4.42. The normalized spacial score (nSPS) is 22.7. The van der Waals surface area contributed by atoms with E-state index in [4.69, 9.17) is 0 Å². The molecule has 2 heteroatoms. The molecule has 1 aliphatic carbocycles. The van der Waals surface area contributed by atoms with E-state index in [0.717, 1.165) is 19.0 Å². The molecule has 16 heavy (non-hydrogen) atoms. The molecule has 0 aromatic heterocycles. The van der Waals surface area contributed by atoms with Gasteiger partial charge in [-0.05, 0) is 38.6 Å². The van der Waals surface area contributed by atoms with Crippen molar-refractivity contribution in [2.45, 2.75) is 58.5 Å². The quantitative estimate of drug-likeness (QED) is 0.780. The smallest absolute Gasteiger partial charge is 0.0768 e. The summed E-state index contributed by atoms with van der Waals surface area (Å²) in [5, 5.41) is 10.2. The Morgan fingerprint density at radius 1 is 1.25 bits per heavy atom. The van der Waals surface area contributed by atoms with Gasteiger partial charge in [0.2, 0.25) is 0 Å². The maximum absolute atomic E-state index is 10.2. The molecule has 96 valence electrons. The molecule has 0 aromatic rings. The van der Waals surface area contributed by atoms with Crippen molar-refractivity contribution in [2.24, 2.45) is 11.8 Å². The summed E-state index contributed by atoms with van der Waals surface area (Å²) >= 11 is 0. The Bertz CT molecular complexity index is 195. The van der Waals surface area contributed by atoms with Crippen molar-refractivity contribution in [3.8, 4) is 0 Å². The molecule has 0 spiro atoms. The number of likely N-dealkylation sites (N-methyl/N-ethyl adjacent to an activating group) is 1. The van der Waals surface area contributed by atoms with Crippen molar-refractivity contribution >= 4 is 0 Å². The molecule has 0 bridgehead atoms. The Hall–Kier alpha value is -0.0800. The number of hydrogen-bond donors (Lipinski definition) is 1. The van der Waals surface area contributed by atoms with Crippen molar-refractivity contribution < 1.29 is 5.11 Å². The fraction of sp³-hybridized carbons (Fsp3) is 1.00. The fourth-order valence-corrected chi connectivity index (χ4v) is 2.60. The van der Waals surface area contributed by atoms with Gasteiger partial charge in [-0.3, -0.25) is 0 Å². The van der Waals surface area contributed by atoms with Crippen LogP contribution in [0.15, 0.2) is 0 Å². The van der Waals surface area contributed by atoms with Gasteiger partial charge < -0.3 is 10.0 Å². The molecule has 0 radical (unpaired) electrons. The van der Waals surface area contributed by atoms with E-state index in [1.807, 2.05) is 6.92 Å². The Labute approximate surface area is 101 Å². The first-order valence-electron chi connectivity index (χ1n) is 6.82. The van der Waals surface area contributed by atoms with Crippen LogP contribution in [0.5, 0.6) is 0 Å². The number of hydrogen-bond acceptors (Lipinski definition) is 2. The van der Waals surface area contributed by atoms with Crippen LogP contribution in [0, 0.1) is 11.8 Å². The molecule has 1 atom stereocenters. The molecule has 0 amide bonds. The highest BCUT2D eigenvalue weighted by Crippen LogP contribution is 2.25. The summed E-state index contributed by atoms with van der Waals surface area (Å²) in [7, 11) is 2.14. The maximum Gasteiger partial charge on any atom is 0.0768 e. The summed E-state index contributed by atoms with van der Waals surface area (Å²) in [6.07, 6.45) is 6.99. The Kier molecular flexibility index (Phi) is 5.26. The minimum atomic E-state index is -0.552. The summed E-state index contributed by atoms with van der Waals surface area (Å²) in [6, 6.07) is 0. The van der Waals surface area contributed by atoms with Crippen LogP contribution in [-0.2, 0) is 0 Å². The van der Waals surface area contributed by atoms with Gasteiger partial charge in [-0.2, -0.15) is 0 Å². The van der Waals surface area contributed by atoms with Crippen LogP contribution in [0.4, 0.5) is 0 Å². The number of rotatable bonds is 5. The predicted molar refractivity (Wildman–Crippen MR) is 69.5 cm³/mol. The minimum absolute atomic E-state index is 0.321. The van der Waals surface area contributed by atoms with E-state index >= 15 is 0 Å². The Balaban J connectivity index is 2.31. The summed E-state index contributed by atoms with van der Waals surface area (Å²) in [6.45, 7) is 8.09. The third-order valence-corrected chi connectivity index (χ3v) is 4.13. The Morgan fingerprint density at radius 3 is 2.31 bits per heavy atom. The monoisotopic (exact) mass is 227 g/mol. The zero-order chi connectivity index (χ0) is 12.2. The first kappa shape index (κ1) is 14.0. The van der Waals surface area contributed by atoms with E-state index in [1.54, 1.807) is 0 Å². The second-order valence-corrected chi connectivity index (χ2v) is 6.21. The van der Waals surface area contributed by atoms with Gasteiger partial charge in [-0.15, -0.1) is 0 Å². The highest BCUT2D eigenvalue weighted by molar-refractivity contribution is 4.80. The zero-order valence-electron chi connectivity index (χ0n) is 11.5. The van der Waals surface area contributed by atoms with Crippen LogP contribution < -0.4 is 0 Å². The lowest BCUT2D eigenvalue weighted by Crippen LogP contribution is -2.44. The van der Waals surface area contributed by atoms with Crippen LogP contribution in [0.3, 0.4) is 0 Å². The summed E-state index contributed by atoms with van der Waals surface area (Å²) < 4.78 is 0. The molecule has 1 rings (SSSR count). The molecule has 0 saturated heterocycles. The van der Waals surface area contributed by atoms with Gasteiger partial charge in [-0.1, -0.05) is 33.1 Å². The Morgan fingerprint density at radius 2 is 1.81 bits per heavy atom. The molecule has 1 fully saturated rings. The lowest BCUT2D eigenvalue weighted by Gasteiger charge is -2.34. The molecule has 1 N–H and O–H groups in total. The van der Waals surface area contributed by atoms with Gasteiger partial charge in [-0.25, -0.2) is 0 Å². The molecule has 2 nitrogen and oxygen atoms in total. The third-order valence-electron chi connectivity index (χ3n) is 4.13. The zero-order valence-corrected chi connectivity index (χ0v) is 11.5. The number of nitrogens with zero attached hydrogens (tertiary/aromatic N) is 1. The van der Waals surface area contributed by atoms with Crippen molar-refractivity contribution in [1.82, 2.24) is 4.90 Å². The number of aliphatic hydroxyl groups is 1. The molecule has 0 aromatic carbocycles. The van der Waals surface area contributed by atoms with E-state index in [9.17, 15) is 5.11 Å². The van der Waals surface area contributed by atoms with Gasteiger partial charge >= 0.3 is 0 Å². The molecule has 1 saturated carbocycles. The topological polar surface area (TPSA) is 23.5 Å². The van der Waals surface area contributed by atoms with Gasteiger partial charge in [0, 0.05) is 13.1 Å². The largest absolute Gasteiger partial charge is 0.389 e. The van der Waals surface area contributed by atoms with Crippen molar-refractivity contribution in [3.63, 3.8) is 0 Å². The maximum atomic E-state index is 10.2. The standard InChI is InChI=1S/C14H29NO/c1-12(2)14(3,16)11-15(4)10-13-8-6-5-7-9-13/h12-13,16H,5-11H2,1-4H3. The van der Waals surface area contributed by atoms with E-state index in [2.05, 4.69) is 25.8 Å². The van der Waals surface area contributed by atoms with E-state index < -0.39 is 5.60 Å². The molecule has 0 heterocycles. The SMILES string of the molecule is CC(C)C(C)(O)CN(C)CC1CCCCC1. The average Bonchev–Trinajstić information content (AvgIpc) is 2.17. The van der Waals surface area contributed by atoms with Crippen LogP contribution in [0.2, 0.25) is 0 Å². The summed E-state index contributed by atoms with van der Waals surface area (Å²) in [5.74, 6) is 1.18.